The molecule has 15 heavy (non-hydrogen) atoms. The molecule has 1 N–H and O–H groups in total. The second-order valence-corrected chi connectivity index (χ2v) is 2.96. The maximum Gasteiger partial charge on any atom is 0.332 e. The maximum absolute atomic E-state index is 10.4. The van der Waals surface area contributed by atoms with Crippen LogP contribution in [0.3, 0.4) is 0 Å². The van der Waals surface area contributed by atoms with Gasteiger partial charge in [-0.25, -0.2) is 4.79 Å². The number of carboxylic acid groups (broad SMARTS) is 1. The van der Waals surface area contributed by atoms with Gasteiger partial charge in [0.25, 0.3) is 0 Å². The van der Waals surface area contributed by atoms with Crippen LogP contribution in [0.25, 0.3) is 0 Å². The van der Waals surface area contributed by atoms with Gasteiger partial charge in [0.05, 0.1) is 0 Å². The molecular formula is C12H12O3. The summed E-state index contributed by atoms with van der Waals surface area (Å²) < 4.78 is 4.95. The second kappa shape index (κ2) is 5.84. The van der Waals surface area contributed by atoms with E-state index in [9.17, 15) is 4.79 Å². The fourth-order valence-electron chi connectivity index (χ4n) is 0.898. The largest absolute Gasteiger partial charge is 0.479 e. The standard InChI is InChI=1S/C12H12O3/c1-10(12(13)14)15-9-5-8-11-6-3-2-4-7-11/h2-4,6-7,10H,9H2,1H3,(H,13,14). The van der Waals surface area contributed by atoms with Gasteiger partial charge >= 0.3 is 5.97 Å². The number of benzene rings is 1. The maximum atomic E-state index is 10.4. The highest BCUT2D eigenvalue weighted by Crippen LogP contribution is 1.95. The molecule has 78 valence electrons. The lowest BCUT2D eigenvalue weighted by Gasteiger charge is -2.03. The van der Waals surface area contributed by atoms with Gasteiger partial charge in [0.2, 0.25) is 0 Å². The number of rotatable bonds is 3. The fourth-order valence-corrected chi connectivity index (χ4v) is 0.898. The average molecular weight is 204 g/mol. The molecule has 3 nitrogen and oxygen atoms in total. The lowest BCUT2D eigenvalue weighted by molar-refractivity contribution is -0.148. The Labute approximate surface area is 88.7 Å². The molecule has 0 bridgehead atoms. The highest BCUT2D eigenvalue weighted by Gasteiger charge is 2.08. The van der Waals surface area contributed by atoms with Crippen molar-refractivity contribution < 1.29 is 14.6 Å². The van der Waals surface area contributed by atoms with Crippen molar-refractivity contribution in [2.24, 2.45) is 0 Å². The molecule has 1 unspecified atom stereocenters. The first-order valence-corrected chi connectivity index (χ1v) is 4.58. The van der Waals surface area contributed by atoms with Crippen LogP contribution >= 0.6 is 0 Å². The zero-order valence-corrected chi connectivity index (χ0v) is 8.43. The molecule has 0 aromatic heterocycles. The summed E-state index contributed by atoms with van der Waals surface area (Å²) in [5.41, 5.74) is 0.893. The lowest BCUT2D eigenvalue weighted by atomic mass is 10.2. The summed E-state index contributed by atoms with van der Waals surface area (Å²) in [7, 11) is 0. The molecule has 1 aromatic carbocycles. The van der Waals surface area contributed by atoms with E-state index in [2.05, 4.69) is 11.8 Å². The quantitative estimate of drug-likeness (QED) is 0.759. The third-order valence-corrected chi connectivity index (χ3v) is 1.76. The zero-order valence-electron chi connectivity index (χ0n) is 8.43. The lowest BCUT2D eigenvalue weighted by Crippen LogP contribution is -2.19. The van der Waals surface area contributed by atoms with Crippen LogP contribution in [-0.4, -0.2) is 23.8 Å². The van der Waals surface area contributed by atoms with Gasteiger partial charge in [-0.15, -0.1) is 0 Å². The van der Waals surface area contributed by atoms with E-state index in [1.54, 1.807) is 0 Å². The highest BCUT2D eigenvalue weighted by molar-refractivity contribution is 5.71. The molecule has 3 heteroatoms. The van der Waals surface area contributed by atoms with E-state index < -0.39 is 12.1 Å². The van der Waals surface area contributed by atoms with Crippen molar-refractivity contribution >= 4 is 5.97 Å². The van der Waals surface area contributed by atoms with Crippen molar-refractivity contribution in [3.63, 3.8) is 0 Å². The van der Waals surface area contributed by atoms with Gasteiger partial charge in [0.15, 0.2) is 6.10 Å². The van der Waals surface area contributed by atoms with Crippen LogP contribution < -0.4 is 0 Å². The molecule has 1 aromatic rings. The summed E-state index contributed by atoms with van der Waals surface area (Å²) in [6, 6.07) is 9.46. The highest BCUT2D eigenvalue weighted by atomic mass is 16.5. The molecule has 1 rings (SSSR count). The minimum absolute atomic E-state index is 0.127. The smallest absolute Gasteiger partial charge is 0.332 e. The Kier molecular flexibility index (Phi) is 4.39. The minimum atomic E-state index is -0.975. The molecule has 0 heterocycles. The van der Waals surface area contributed by atoms with Crippen LogP contribution in [0.1, 0.15) is 12.5 Å². The molecule has 0 aliphatic carbocycles. The summed E-state index contributed by atoms with van der Waals surface area (Å²) in [6.45, 7) is 1.61. The van der Waals surface area contributed by atoms with Crippen LogP contribution in [0, 0.1) is 11.8 Å². The molecule has 0 saturated heterocycles. The van der Waals surface area contributed by atoms with E-state index in [-0.39, 0.29) is 6.61 Å². The summed E-state index contributed by atoms with van der Waals surface area (Å²) in [5.74, 6) is 4.65. The first-order chi connectivity index (χ1) is 7.20. The Morgan fingerprint density at radius 3 is 2.73 bits per heavy atom. The Morgan fingerprint density at radius 2 is 2.13 bits per heavy atom. The number of hydrogen-bond donors (Lipinski definition) is 1. The van der Waals surface area contributed by atoms with Gasteiger partial charge in [0, 0.05) is 5.56 Å². The predicted octanol–water partition coefficient (Wildman–Crippen LogP) is 1.53. The van der Waals surface area contributed by atoms with Crippen LogP contribution in [0.5, 0.6) is 0 Å². The van der Waals surface area contributed by atoms with E-state index >= 15 is 0 Å². The van der Waals surface area contributed by atoms with Gasteiger partial charge in [-0.05, 0) is 19.1 Å². The number of ether oxygens (including phenoxy) is 1. The SMILES string of the molecule is CC(OCC#Cc1ccccc1)C(=O)O. The van der Waals surface area contributed by atoms with Crippen LogP contribution in [0.4, 0.5) is 0 Å². The monoisotopic (exact) mass is 204 g/mol. The average Bonchev–Trinajstić information content (AvgIpc) is 2.25. The Balaban J connectivity index is 2.38. The number of aliphatic carboxylic acids is 1. The number of hydrogen-bond acceptors (Lipinski definition) is 2. The van der Waals surface area contributed by atoms with E-state index in [0.717, 1.165) is 5.56 Å². The summed E-state index contributed by atoms with van der Waals surface area (Å²) in [4.78, 5) is 10.4. The topological polar surface area (TPSA) is 46.5 Å². The Hall–Kier alpha value is -1.79. The molecule has 0 saturated carbocycles. The molecule has 0 fully saturated rings. The van der Waals surface area contributed by atoms with Gasteiger partial charge in [-0.3, -0.25) is 0 Å². The number of carboxylic acids is 1. The second-order valence-electron chi connectivity index (χ2n) is 2.96. The summed E-state index contributed by atoms with van der Waals surface area (Å²) >= 11 is 0. The first kappa shape index (κ1) is 11.3. The summed E-state index contributed by atoms with van der Waals surface area (Å²) in [5, 5.41) is 8.53. The molecule has 0 spiro atoms. The van der Waals surface area contributed by atoms with Crippen molar-refractivity contribution in [1.82, 2.24) is 0 Å². The van der Waals surface area contributed by atoms with Crippen molar-refractivity contribution in [3.05, 3.63) is 35.9 Å². The molecule has 1 atom stereocenters. The van der Waals surface area contributed by atoms with E-state index in [4.69, 9.17) is 9.84 Å². The number of carbonyl (C=O) groups is 1. The van der Waals surface area contributed by atoms with Crippen molar-refractivity contribution in [2.75, 3.05) is 6.61 Å². The first-order valence-electron chi connectivity index (χ1n) is 4.58. The summed E-state index contributed by atoms with van der Waals surface area (Å²) in [6.07, 6.45) is -0.810. The zero-order chi connectivity index (χ0) is 11.1. The van der Waals surface area contributed by atoms with E-state index in [1.807, 2.05) is 30.3 Å². The predicted molar refractivity (Wildman–Crippen MR) is 56.4 cm³/mol. The third kappa shape index (κ3) is 4.30. The Bertz CT molecular complexity index is 373. The third-order valence-electron chi connectivity index (χ3n) is 1.76. The Morgan fingerprint density at radius 1 is 1.47 bits per heavy atom. The van der Waals surface area contributed by atoms with Gasteiger partial charge in [-0.1, -0.05) is 30.0 Å². The molecular weight excluding hydrogens is 192 g/mol. The van der Waals surface area contributed by atoms with Gasteiger partial charge in [-0.2, -0.15) is 0 Å². The fraction of sp³-hybridized carbons (Fsp3) is 0.250. The molecule has 0 aliphatic rings. The van der Waals surface area contributed by atoms with Crippen LogP contribution in [0.15, 0.2) is 30.3 Å². The van der Waals surface area contributed by atoms with E-state index in [1.165, 1.54) is 6.92 Å². The van der Waals surface area contributed by atoms with Crippen molar-refractivity contribution in [2.45, 2.75) is 13.0 Å². The normalized spacial score (nSPS) is 11.3. The van der Waals surface area contributed by atoms with Crippen molar-refractivity contribution in [1.29, 1.82) is 0 Å². The van der Waals surface area contributed by atoms with Crippen LogP contribution in [-0.2, 0) is 9.53 Å². The minimum Gasteiger partial charge on any atom is -0.479 e. The van der Waals surface area contributed by atoms with Crippen LogP contribution in [0.2, 0.25) is 0 Å². The van der Waals surface area contributed by atoms with Crippen molar-refractivity contribution in [3.8, 4) is 11.8 Å². The molecule has 0 amide bonds. The van der Waals surface area contributed by atoms with Gasteiger partial charge < -0.3 is 9.84 Å². The van der Waals surface area contributed by atoms with E-state index in [0.29, 0.717) is 0 Å². The molecule has 0 radical (unpaired) electrons. The van der Waals surface area contributed by atoms with Gasteiger partial charge in [0.1, 0.15) is 6.61 Å². The molecule has 0 aliphatic heterocycles.